The van der Waals surface area contributed by atoms with Crippen molar-refractivity contribution in [3.63, 3.8) is 0 Å². The lowest BCUT2D eigenvalue weighted by atomic mass is 9.99. The lowest BCUT2D eigenvalue weighted by molar-refractivity contribution is -0.142. The van der Waals surface area contributed by atoms with Crippen molar-refractivity contribution in [1.29, 1.82) is 0 Å². The van der Waals surface area contributed by atoms with E-state index < -0.39 is 47.5 Å². The summed E-state index contributed by atoms with van der Waals surface area (Å²) in [4.78, 5) is 65.8. The lowest BCUT2D eigenvalue weighted by Gasteiger charge is -2.32. The van der Waals surface area contributed by atoms with Gasteiger partial charge in [0.05, 0.1) is 13.7 Å². The van der Waals surface area contributed by atoms with Crippen molar-refractivity contribution in [2.75, 3.05) is 41.3 Å². The maximum absolute atomic E-state index is 14.0. The number of ether oxygens (including phenoxy) is 2. The Hall–Kier alpha value is -4.13. The molecular weight excluding hydrogens is 580 g/mol. The van der Waals surface area contributed by atoms with E-state index in [4.69, 9.17) is 9.47 Å². The summed E-state index contributed by atoms with van der Waals surface area (Å²) in [5, 5.41) is 13.4. The average Bonchev–Trinajstić information content (AvgIpc) is 2.97. The second-order valence-corrected chi connectivity index (χ2v) is 11.6. The summed E-state index contributed by atoms with van der Waals surface area (Å²) in [5.41, 5.74) is 0.582. The van der Waals surface area contributed by atoms with Gasteiger partial charge >= 0.3 is 6.09 Å². The third kappa shape index (κ3) is 13.6. The van der Waals surface area contributed by atoms with E-state index in [9.17, 15) is 24.0 Å². The first-order valence-corrected chi connectivity index (χ1v) is 15.2. The van der Waals surface area contributed by atoms with Crippen molar-refractivity contribution in [2.45, 2.75) is 84.0 Å². The quantitative estimate of drug-likeness (QED) is 0.163. The SMILES string of the molecule is CC/C=C/c1cc([C@@H](C(=O)N[C@@H](C)C(=O)NC)N(C)C(=O)[C@H](CCCCNC(=O)OC(C)(C)C)NC(=O)CNC)ccc1OC. The van der Waals surface area contributed by atoms with E-state index in [1.165, 1.54) is 19.0 Å². The highest BCUT2D eigenvalue weighted by molar-refractivity contribution is 5.95. The molecule has 0 heterocycles. The first kappa shape index (κ1) is 38.9. The van der Waals surface area contributed by atoms with Crippen LogP contribution in [-0.4, -0.2) is 93.6 Å². The topological polar surface area (TPSA) is 167 Å². The molecule has 0 spiro atoms. The molecule has 0 aliphatic carbocycles. The largest absolute Gasteiger partial charge is 0.496 e. The van der Waals surface area contributed by atoms with Gasteiger partial charge in [-0.3, -0.25) is 19.2 Å². The molecule has 5 N–H and O–H groups in total. The number of benzene rings is 1. The monoisotopic (exact) mass is 632 g/mol. The number of carbonyl (C=O) groups excluding carboxylic acids is 5. The predicted molar refractivity (Wildman–Crippen MR) is 173 cm³/mol. The Bertz CT molecular complexity index is 1180. The summed E-state index contributed by atoms with van der Waals surface area (Å²) >= 11 is 0. The molecular formula is C32H52N6O7. The minimum absolute atomic E-state index is 0.00709. The van der Waals surface area contributed by atoms with Gasteiger partial charge in [-0.25, -0.2) is 4.79 Å². The second-order valence-electron chi connectivity index (χ2n) is 11.6. The molecule has 13 heteroatoms. The van der Waals surface area contributed by atoms with Crippen molar-refractivity contribution < 1.29 is 33.4 Å². The lowest BCUT2D eigenvalue weighted by Crippen LogP contribution is -2.53. The molecule has 252 valence electrons. The Kier molecular flexibility index (Phi) is 16.7. The number of rotatable bonds is 17. The molecule has 5 amide bonds. The zero-order valence-electron chi connectivity index (χ0n) is 28.2. The number of nitrogens with zero attached hydrogens (tertiary/aromatic N) is 1. The van der Waals surface area contributed by atoms with E-state index in [1.807, 2.05) is 19.1 Å². The zero-order valence-corrected chi connectivity index (χ0v) is 28.2. The van der Waals surface area contributed by atoms with E-state index in [2.05, 4.69) is 26.6 Å². The van der Waals surface area contributed by atoms with E-state index in [-0.39, 0.29) is 18.9 Å². The molecule has 45 heavy (non-hydrogen) atoms. The number of hydrogen-bond donors (Lipinski definition) is 5. The van der Waals surface area contributed by atoms with Gasteiger partial charge in [-0.1, -0.05) is 25.1 Å². The van der Waals surface area contributed by atoms with Gasteiger partial charge in [-0.15, -0.1) is 0 Å². The van der Waals surface area contributed by atoms with Gasteiger partial charge in [0.1, 0.15) is 29.5 Å². The molecule has 0 fully saturated rings. The Morgan fingerprint density at radius 2 is 1.71 bits per heavy atom. The molecule has 0 aliphatic heterocycles. The number of allylic oxidation sites excluding steroid dienone is 1. The van der Waals surface area contributed by atoms with Crippen LogP contribution in [-0.2, 0) is 23.9 Å². The molecule has 0 aromatic heterocycles. The summed E-state index contributed by atoms with van der Waals surface area (Å²) in [6, 6.07) is 2.21. The van der Waals surface area contributed by atoms with E-state index >= 15 is 0 Å². The summed E-state index contributed by atoms with van der Waals surface area (Å²) in [6.45, 7) is 9.17. The molecule has 0 unspecified atom stereocenters. The number of nitrogens with one attached hydrogen (secondary N) is 5. The summed E-state index contributed by atoms with van der Waals surface area (Å²) in [7, 11) is 6.12. The van der Waals surface area contributed by atoms with Gasteiger partial charge < -0.3 is 41.0 Å². The van der Waals surface area contributed by atoms with Gasteiger partial charge in [0.15, 0.2) is 0 Å². The summed E-state index contributed by atoms with van der Waals surface area (Å²) < 4.78 is 10.7. The smallest absolute Gasteiger partial charge is 0.407 e. The van der Waals surface area contributed by atoms with Gasteiger partial charge in [0.25, 0.3) is 0 Å². The third-order valence-electron chi connectivity index (χ3n) is 6.64. The predicted octanol–water partition coefficient (Wildman–Crippen LogP) is 2.27. The van der Waals surface area contributed by atoms with Crippen LogP contribution in [0.5, 0.6) is 5.75 Å². The Labute approximate surface area is 267 Å². The van der Waals surface area contributed by atoms with Crippen LogP contribution in [0.4, 0.5) is 4.79 Å². The van der Waals surface area contributed by atoms with Crippen molar-refractivity contribution in [3.05, 3.63) is 35.4 Å². The third-order valence-corrected chi connectivity index (χ3v) is 6.64. The molecule has 13 nitrogen and oxygen atoms in total. The molecule has 0 aliphatic rings. The van der Waals surface area contributed by atoms with Crippen molar-refractivity contribution in [2.24, 2.45) is 0 Å². The van der Waals surface area contributed by atoms with Crippen LogP contribution in [0, 0.1) is 0 Å². The standard InChI is InChI=1S/C32H52N6O7/c1-10-11-14-22-19-23(16-17-25(22)44-9)27(29(41)36-21(2)28(40)34-7)38(8)30(42)24(37-26(39)20-33-6)15-12-13-18-35-31(43)45-32(3,4)5/h11,14,16-17,19,21,24,27,33H,10,12-13,15,18,20H2,1-9H3,(H,34,40)(H,35,43)(H,36,41)(H,37,39)/b14-11+/t21-,24-,27-/m0/s1. The number of unbranched alkanes of at least 4 members (excludes halogenated alkanes) is 1. The van der Waals surface area contributed by atoms with Crippen LogP contribution < -0.4 is 31.3 Å². The number of alkyl carbamates (subject to hydrolysis) is 1. The molecule has 1 aromatic carbocycles. The highest BCUT2D eigenvalue weighted by Gasteiger charge is 2.34. The fourth-order valence-electron chi connectivity index (χ4n) is 4.44. The minimum atomic E-state index is -1.14. The fourth-order valence-corrected chi connectivity index (χ4v) is 4.44. The van der Waals surface area contributed by atoms with Crippen LogP contribution in [0.3, 0.4) is 0 Å². The number of methoxy groups -OCH3 is 1. The van der Waals surface area contributed by atoms with Crippen LogP contribution in [0.2, 0.25) is 0 Å². The first-order valence-electron chi connectivity index (χ1n) is 15.2. The Morgan fingerprint density at radius 1 is 1.02 bits per heavy atom. The van der Waals surface area contributed by atoms with Crippen molar-refractivity contribution in [3.8, 4) is 5.75 Å². The molecule has 0 bridgehead atoms. The summed E-state index contributed by atoms with van der Waals surface area (Å²) in [5.74, 6) is -1.25. The Morgan fingerprint density at radius 3 is 2.29 bits per heavy atom. The zero-order chi connectivity index (χ0) is 34.2. The minimum Gasteiger partial charge on any atom is -0.496 e. The average molecular weight is 633 g/mol. The normalized spacial score (nSPS) is 13.3. The van der Waals surface area contributed by atoms with Crippen LogP contribution in [0.1, 0.15) is 77.5 Å². The number of amides is 5. The highest BCUT2D eigenvalue weighted by Crippen LogP contribution is 2.28. The molecule has 0 radical (unpaired) electrons. The highest BCUT2D eigenvalue weighted by atomic mass is 16.6. The van der Waals surface area contributed by atoms with Gasteiger partial charge in [0, 0.05) is 26.2 Å². The van der Waals surface area contributed by atoms with E-state index in [1.54, 1.807) is 60.1 Å². The van der Waals surface area contributed by atoms with Crippen LogP contribution >= 0.6 is 0 Å². The van der Waals surface area contributed by atoms with Gasteiger partial charge in [0.2, 0.25) is 23.6 Å². The first-order chi connectivity index (χ1) is 21.2. The number of likely N-dealkylation sites (N-methyl/N-ethyl adjacent to an activating group) is 3. The summed E-state index contributed by atoms with van der Waals surface area (Å²) in [6.07, 6.45) is 5.32. The van der Waals surface area contributed by atoms with Crippen molar-refractivity contribution >= 4 is 35.8 Å². The number of hydrogen-bond acceptors (Lipinski definition) is 8. The molecule has 0 saturated heterocycles. The van der Waals surface area contributed by atoms with E-state index in [0.29, 0.717) is 36.3 Å². The second kappa shape index (κ2) is 19.3. The molecule has 1 rings (SSSR count). The maximum atomic E-state index is 14.0. The van der Waals surface area contributed by atoms with Gasteiger partial charge in [-0.05, 0) is 78.1 Å². The molecule has 1 aromatic rings. The van der Waals surface area contributed by atoms with Crippen molar-refractivity contribution in [1.82, 2.24) is 31.5 Å². The van der Waals surface area contributed by atoms with E-state index in [0.717, 1.165) is 6.42 Å². The maximum Gasteiger partial charge on any atom is 0.407 e. The van der Waals surface area contributed by atoms with Gasteiger partial charge in [-0.2, -0.15) is 0 Å². The fraction of sp³-hybridized carbons (Fsp3) is 0.594. The molecule has 0 saturated carbocycles. The number of carbonyl (C=O) groups is 5. The van der Waals surface area contributed by atoms with Crippen LogP contribution in [0.15, 0.2) is 24.3 Å². The van der Waals surface area contributed by atoms with Crippen LogP contribution in [0.25, 0.3) is 6.08 Å². The Balaban J connectivity index is 3.34. The molecule has 3 atom stereocenters.